The predicted octanol–water partition coefficient (Wildman–Crippen LogP) is 0.724. The van der Waals surface area contributed by atoms with E-state index in [4.69, 9.17) is 5.14 Å². The highest BCUT2D eigenvalue weighted by Crippen LogP contribution is 2.25. The van der Waals surface area contributed by atoms with Gasteiger partial charge in [-0.15, -0.1) is 0 Å². The summed E-state index contributed by atoms with van der Waals surface area (Å²) in [4.78, 5) is 12.7. The van der Waals surface area contributed by atoms with Crippen molar-refractivity contribution in [2.24, 2.45) is 11.1 Å². The molecule has 1 fully saturated rings. The minimum Gasteiger partial charge on any atom is -0.352 e. The Morgan fingerprint density at radius 3 is 2.62 bits per heavy atom. The zero-order valence-electron chi connectivity index (χ0n) is 14.4. The van der Waals surface area contributed by atoms with Gasteiger partial charge >= 0.3 is 0 Å². The molecule has 5 N–H and O–H groups in total. The SMILES string of the molecule is Cc1cccc(C2NNCC2C(=O)NCc2ccc(S(N)(=O)=O)cc2)c1. The van der Waals surface area contributed by atoms with Gasteiger partial charge in [0.15, 0.2) is 0 Å². The Kier molecular flexibility index (Phi) is 5.38. The number of nitrogens with two attached hydrogens (primary N) is 1. The summed E-state index contributed by atoms with van der Waals surface area (Å²) in [7, 11) is -3.71. The number of aryl methyl sites for hydroxylation is 1. The van der Waals surface area contributed by atoms with Crippen molar-refractivity contribution in [1.29, 1.82) is 0 Å². The second-order valence-corrected chi connectivity index (χ2v) is 7.99. The van der Waals surface area contributed by atoms with Crippen LogP contribution in [0.25, 0.3) is 0 Å². The Balaban J connectivity index is 1.64. The van der Waals surface area contributed by atoms with Crippen LogP contribution in [-0.2, 0) is 21.4 Å². The molecule has 1 heterocycles. The van der Waals surface area contributed by atoms with E-state index in [-0.39, 0.29) is 22.8 Å². The fourth-order valence-corrected chi connectivity index (χ4v) is 3.55. The van der Waals surface area contributed by atoms with Crippen LogP contribution in [-0.4, -0.2) is 20.9 Å². The number of primary sulfonamides is 1. The standard InChI is InChI=1S/C18H22N4O3S/c1-12-3-2-4-14(9-12)17-16(11-21-22-17)18(23)20-10-13-5-7-15(8-6-13)26(19,24)25/h2-9,16-17,21-22H,10-11H2,1H3,(H,20,23)(H2,19,24,25). The second kappa shape index (κ2) is 7.55. The molecule has 1 saturated heterocycles. The molecule has 8 heteroatoms. The summed E-state index contributed by atoms with van der Waals surface area (Å²) in [6.45, 7) is 2.88. The number of benzene rings is 2. The number of nitrogens with one attached hydrogen (secondary N) is 3. The lowest BCUT2D eigenvalue weighted by Gasteiger charge is -2.19. The molecule has 7 nitrogen and oxygen atoms in total. The molecule has 0 radical (unpaired) electrons. The summed E-state index contributed by atoms with van der Waals surface area (Å²) in [6, 6.07) is 14.1. The summed E-state index contributed by atoms with van der Waals surface area (Å²) in [5.74, 6) is -0.301. The molecule has 2 aromatic rings. The third kappa shape index (κ3) is 4.28. The van der Waals surface area contributed by atoms with Gasteiger partial charge in [-0.3, -0.25) is 10.2 Å². The van der Waals surface area contributed by atoms with E-state index in [2.05, 4.69) is 22.2 Å². The lowest BCUT2D eigenvalue weighted by atomic mass is 9.93. The molecular weight excluding hydrogens is 352 g/mol. The number of hydrogen-bond acceptors (Lipinski definition) is 5. The molecule has 1 amide bonds. The molecule has 1 aliphatic heterocycles. The van der Waals surface area contributed by atoms with Crippen LogP contribution in [0.4, 0.5) is 0 Å². The lowest BCUT2D eigenvalue weighted by Crippen LogP contribution is -2.34. The van der Waals surface area contributed by atoms with Crippen molar-refractivity contribution in [3.63, 3.8) is 0 Å². The summed E-state index contributed by atoms with van der Waals surface area (Å²) >= 11 is 0. The van der Waals surface area contributed by atoms with Crippen LogP contribution in [0, 0.1) is 12.8 Å². The Morgan fingerprint density at radius 1 is 1.23 bits per heavy atom. The van der Waals surface area contributed by atoms with Crippen LogP contribution >= 0.6 is 0 Å². The van der Waals surface area contributed by atoms with Gasteiger partial charge in [0.25, 0.3) is 0 Å². The van der Waals surface area contributed by atoms with E-state index in [1.54, 1.807) is 12.1 Å². The smallest absolute Gasteiger partial charge is 0.238 e. The maximum Gasteiger partial charge on any atom is 0.238 e. The molecule has 2 unspecified atom stereocenters. The molecular formula is C18H22N4O3S. The number of amides is 1. The van der Waals surface area contributed by atoms with Crippen LogP contribution in [0.5, 0.6) is 0 Å². The Bertz CT molecular complexity index is 897. The van der Waals surface area contributed by atoms with E-state index in [1.165, 1.54) is 12.1 Å². The van der Waals surface area contributed by atoms with E-state index < -0.39 is 10.0 Å². The van der Waals surface area contributed by atoms with Gasteiger partial charge in [0, 0.05) is 13.1 Å². The van der Waals surface area contributed by atoms with Crippen LogP contribution in [0.15, 0.2) is 53.4 Å². The van der Waals surface area contributed by atoms with Crippen molar-refractivity contribution in [2.75, 3.05) is 6.54 Å². The first-order chi connectivity index (χ1) is 12.3. The number of rotatable bonds is 5. The van der Waals surface area contributed by atoms with Gasteiger partial charge < -0.3 is 5.32 Å². The highest BCUT2D eigenvalue weighted by atomic mass is 32.2. The van der Waals surface area contributed by atoms with Crippen molar-refractivity contribution >= 4 is 15.9 Å². The molecule has 138 valence electrons. The molecule has 0 aliphatic carbocycles. The van der Waals surface area contributed by atoms with Crippen LogP contribution in [0.3, 0.4) is 0 Å². The maximum absolute atomic E-state index is 12.6. The van der Waals surface area contributed by atoms with Crippen molar-refractivity contribution in [3.8, 4) is 0 Å². The molecule has 0 saturated carbocycles. The zero-order chi connectivity index (χ0) is 18.7. The molecule has 0 bridgehead atoms. The van der Waals surface area contributed by atoms with Crippen molar-refractivity contribution in [2.45, 2.75) is 24.4 Å². The number of carbonyl (C=O) groups is 1. The van der Waals surface area contributed by atoms with E-state index >= 15 is 0 Å². The first kappa shape index (κ1) is 18.5. The summed E-state index contributed by atoms with van der Waals surface area (Å²) in [5, 5.41) is 8.00. The first-order valence-electron chi connectivity index (χ1n) is 8.29. The number of hydrogen-bond donors (Lipinski definition) is 4. The van der Waals surface area contributed by atoms with E-state index in [0.29, 0.717) is 13.1 Å². The van der Waals surface area contributed by atoms with Gasteiger partial charge in [-0.1, -0.05) is 42.0 Å². The van der Waals surface area contributed by atoms with Gasteiger partial charge in [0.1, 0.15) is 0 Å². The van der Waals surface area contributed by atoms with Gasteiger partial charge in [-0.25, -0.2) is 19.0 Å². The summed E-state index contributed by atoms with van der Waals surface area (Å²) in [6.07, 6.45) is 0. The predicted molar refractivity (Wildman–Crippen MR) is 98.2 cm³/mol. The van der Waals surface area contributed by atoms with E-state index in [1.807, 2.05) is 25.1 Å². The average molecular weight is 374 g/mol. The molecule has 2 aromatic carbocycles. The quantitative estimate of drug-likeness (QED) is 0.616. The highest BCUT2D eigenvalue weighted by molar-refractivity contribution is 7.89. The van der Waals surface area contributed by atoms with Crippen molar-refractivity contribution in [1.82, 2.24) is 16.2 Å². The minimum absolute atomic E-state index is 0.0521. The first-order valence-corrected chi connectivity index (χ1v) is 9.83. The molecule has 26 heavy (non-hydrogen) atoms. The molecule has 2 atom stereocenters. The molecule has 0 aromatic heterocycles. The highest BCUT2D eigenvalue weighted by Gasteiger charge is 2.33. The molecule has 1 aliphatic rings. The minimum atomic E-state index is -3.71. The molecule has 3 rings (SSSR count). The topological polar surface area (TPSA) is 113 Å². The Hall–Kier alpha value is -2.26. The lowest BCUT2D eigenvalue weighted by molar-refractivity contribution is -0.125. The summed E-state index contributed by atoms with van der Waals surface area (Å²) in [5.41, 5.74) is 9.22. The fraction of sp³-hybridized carbons (Fsp3) is 0.278. The summed E-state index contributed by atoms with van der Waals surface area (Å²) < 4.78 is 22.5. The Morgan fingerprint density at radius 2 is 1.96 bits per heavy atom. The van der Waals surface area contributed by atoms with Gasteiger partial charge in [0.05, 0.1) is 16.9 Å². The van der Waals surface area contributed by atoms with Crippen molar-refractivity contribution < 1.29 is 13.2 Å². The fourth-order valence-electron chi connectivity index (χ4n) is 3.04. The van der Waals surface area contributed by atoms with E-state index in [0.717, 1.165) is 16.7 Å². The second-order valence-electron chi connectivity index (χ2n) is 6.43. The monoisotopic (exact) mass is 374 g/mol. The van der Waals surface area contributed by atoms with Gasteiger partial charge in [0.2, 0.25) is 15.9 Å². The number of sulfonamides is 1. The number of carbonyl (C=O) groups excluding carboxylic acids is 1. The molecule has 0 spiro atoms. The van der Waals surface area contributed by atoms with Crippen molar-refractivity contribution in [3.05, 3.63) is 65.2 Å². The Labute approximate surface area is 153 Å². The average Bonchev–Trinajstić information content (AvgIpc) is 3.09. The van der Waals surface area contributed by atoms with Crippen LogP contribution in [0.2, 0.25) is 0 Å². The zero-order valence-corrected chi connectivity index (χ0v) is 15.2. The number of hydrazine groups is 1. The third-order valence-corrected chi connectivity index (χ3v) is 5.37. The van der Waals surface area contributed by atoms with Crippen LogP contribution < -0.4 is 21.3 Å². The van der Waals surface area contributed by atoms with E-state index in [9.17, 15) is 13.2 Å². The van der Waals surface area contributed by atoms with Crippen LogP contribution in [0.1, 0.15) is 22.7 Å². The maximum atomic E-state index is 12.6. The third-order valence-electron chi connectivity index (χ3n) is 4.44. The van der Waals surface area contributed by atoms with Gasteiger partial charge in [-0.2, -0.15) is 0 Å². The normalized spacial score (nSPS) is 20.1. The van der Waals surface area contributed by atoms with Gasteiger partial charge in [-0.05, 0) is 30.2 Å². The largest absolute Gasteiger partial charge is 0.352 e.